The van der Waals surface area contributed by atoms with E-state index in [2.05, 4.69) is 0 Å². The molecular formula is C15H14ClF2N. The van der Waals surface area contributed by atoms with Crippen LogP contribution in [0, 0.1) is 11.6 Å². The molecule has 19 heavy (non-hydrogen) atoms. The fourth-order valence-electron chi connectivity index (χ4n) is 2.08. The molecule has 0 saturated heterocycles. The Balaban J connectivity index is 2.33. The van der Waals surface area contributed by atoms with Gasteiger partial charge in [0.1, 0.15) is 11.6 Å². The zero-order valence-electron chi connectivity index (χ0n) is 10.5. The average Bonchev–Trinajstić information content (AvgIpc) is 2.33. The fourth-order valence-corrected chi connectivity index (χ4v) is 2.31. The van der Waals surface area contributed by atoms with Gasteiger partial charge in [-0.3, -0.25) is 0 Å². The molecule has 0 aliphatic rings. The van der Waals surface area contributed by atoms with Crippen LogP contribution in [0.25, 0.3) is 0 Å². The van der Waals surface area contributed by atoms with Crippen LogP contribution >= 0.6 is 11.6 Å². The van der Waals surface area contributed by atoms with Crippen LogP contribution < -0.4 is 5.73 Å². The highest BCUT2D eigenvalue weighted by molar-refractivity contribution is 6.31. The van der Waals surface area contributed by atoms with Crippen LogP contribution in [-0.4, -0.2) is 0 Å². The van der Waals surface area contributed by atoms with Crippen molar-refractivity contribution >= 4 is 11.6 Å². The first-order valence-corrected chi connectivity index (χ1v) is 6.26. The zero-order valence-corrected chi connectivity index (χ0v) is 11.2. The Labute approximate surface area is 116 Å². The van der Waals surface area contributed by atoms with Crippen molar-refractivity contribution in [3.05, 3.63) is 70.2 Å². The molecule has 0 fully saturated rings. The van der Waals surface area contributed by atoms with E-state index in [0.717, 1.165) is 0 Å². The number of benzene rings is 2. The molecule has 0 amide bonds. The van der Waals surface area contributed by atoms with Gasteiger partial charge in [0.15, 0.2) is 0 Å². The summed E-state index contributed by atoms with van der Waals surface area (Å²) < 4.78 is 26.8. The maximum Gasteiger partial charge on any atom is 0.128 e. The van der Waals surface area contributed by atoms with Crippen molar-refractivity contribution in [3.8, 4) is 0 Å². The summed E-state index contributed by atoms with van der Waals surface area (Å²) >= 11 is 5.97. The fraction of sp³-hybridized carbons (Fsp3) is 0.200. The number of hydrogen-bond donors (Lipinski definition) is 1. The molecule has 0 aliphatic carbocycles. The summed E-state index contributed by atoms with van der Waals surface area (Å²) in [5.74, 6) is -0.760. The van der Waals surface area contributed by atoms with E-state index in [4.69, 9.17) is 17.3 Å². The smallest absolute Gasteiger partial charge is 0.128 e. The van der Waals surface area contributed by atoms with Crippen molar-refractivity contribution in [1.29, 1.82) is 0 Å². The number of halogens is 3. The number of hydrogen-bond acceptors (Lipinski definition) is 1. The van der Waals surface area contributed by atoms with Gasteiger partial charge in [0.05, 0.1) is 0 Å². The summed E-state index contributed by atoms with van der Waals surface area (Å²) in [4.78, 5) is 0. The maximum absolute atomic E-state index is 13.8. The largest absolute Gasteiger partial charge is 0.321 e. The summed E-state index contributed by atoms with van der Waals surface area (Å²) in [6, 6.07) is 10.5. The SMILES string of the molecule is CC(N)(Cc1ccc(F)cc1Cl)c1ccccc1F. The van der Waals surface area contributed by atoms with Crippen LogP contribution in [0.1, 0.15) is 18.1 Å². The molecule has 1 atom stereocenters. The molecular weight excluding hydrogens is 268 g/mol. The van der Waals surface area contributed by atoms with Crippen LogP contribution in [-0.2, 0) is 12.0 Å². The molecule has 0 radical (unpaired) electrons. The zero-order chi connectivity index (χ0) is 14.0. The first-order valence-electron chi connectivity index (χ1n) is 5.88. The lowest BCUT2D eigenvalue weighted by Crippen LogP contribution is -2.36. The van der Waals surface area contributed by atoms with E-state index in [1.807, 2.05) is 0 Å². The van der Waals surface area contributed by atoms with Crippen molar-refractivity contribution in [2.45, 2.75) is 18.9 Å². The highest BCUT2D eigenvalue weighted by Gasteiger charge is 2.25. The second kappa shape index (κ2) is 5.27. The minimum Gasteiger partial charge on any atom is -0.321 e. The molecule has 2 rings (SSSR count). The summed E-state index contributed by atoms with van der Waals surface area (Å²) in [6.07, 6.45) is 0.326. The molecule has 2 aromatic rings. The first kappa shape index (κ1) is 14.0. The van der Waals surface area contributed by atoms with E-state index < -0.39 is 11.4 Å². The molecule has 0 bridgehead atoms. The van der Waals surface area contributed by atoms with Crippen LogP contribution in [0.4, 0.5) is 8.78 Å². The van der Waals surface area contributed by atoms with E-state index >= 15 is 0 Å². The predicted molar refractivity (Wildman–Crippen MR) is 73.1 cm³/mol. The number of nitrogens with two attached hydrogens (primary N) is 1. The van der Waals surface area contributed by atoms with Crippen LogP contribution in [0.5, 0.6) is 0 Å². The van der Waals surface area contributed by atoms with Gasteiger partial charge in [0.2, 0.25) is 0 Å². The lowest BCUT2D eigenvalue weighted by atomic mass is 9.86. The quantitative estimate of drug-likeness (QED) is 0.903. The third kappa shape index (κ3) is 3.11. The number of rotatable bonds is 3. The lowest BCUT2D eigenvalue weighted by molar-refractivity contribution is 0.457. The average molecular weight is 282 g/mol. The van der Waals surface area contributed by atoms with Crippen molar-refractivity contribution < 1.29 is 8.78 Å². The summed E-state index contributed by atoms with van der Waals surface area (Å²) in [5, 5.41) is 0.299. The Bertz CT molecular complexity index is 596. The minimum atomic E-state index is -0.910. The molecule has 100 valence electrons. The molecule has 0 saturated carbocycles. The molecule has 4 heteroatoms. The summed E-state index contributed by atoms with van der Waals surface area (Å²) in [5.41, 5.74) is 6.38. The van der Waals surface area contributed by atoms with E-state index in [-0.39, 0.29) is 5.82 Å². The van der Waals surface area contributed by atoms with Gasteiger partial charge in [-0.15, -0.1) is 0 Å². The van der Waals surface area contributed by atoms with Crippen LogP contribution in [0.3, 0.4) is 0 Å². The van der Waals surface area contributed by atoms with Crippen LogP contribution in [0.15, 0.2) is 42.5 Å². The van der Waals surface area contributed by atoms with Gasteiger partial charge < -0.3 is 5.73 Å². The van der Waals surface area contributed by atoms with Gasteiger partial charge in [-0.05, 0) is 37.1 Å². The van der Waals surface area contributed by atoms with E-state index in [9.17, 15) is 8.78 Å². The predicted octanol–water partition coefficient (Wildman–Crippen LogP) is 4.03. The molecule has 0 heterocycles. The summed E-state index contributed by atoms with van der Waals surface area (Å²) in [7, 11) is 0. The van der Waals surface area contributed by atoms with Gasteiger partial charge in [0, 0.05) is 16.1 Å². The Hall–Kier alpha value is -1.45. The van der Waals surface area contributed by atoms with E-state index in [0.29, 0.717) is 22.6 Å². The highest BCUT2D eigenvalue weighted by Crippen LogP contribution is 2.28. The third-order valence-electron chi connectivity index (χ3n) is 3.06. The Morgan fingerprint density at radius 2 is 1.84 bits per heavy atom. The third-order valence-corrected chi connectivity index (χ3v) is 3.41. The monoisotopic (exact) mass is 281 g/mol. The van der Waals surface area contributed by atoms with Crippen molar-refractivity contribution in [3.63, 3.8) is 0 Å². The molecule has 2 N–H and O–H groups in total. The first-order chi connectivity index (χ1) is 8.90. The molecule has 1 unspecified atom stereocenters. The Morgan fingerprint density at radius 1 is 1.16 bits per heavy atom. The maximum atomic E-state index is 13.8. The standard InChI is InChI=1S/C15H14ClF2N/c1-15(19,12-4-2-3-5-14(12)18)9-10-6-7-11(17)8-13(10)16/h2-8H,9,19H2,1H3. The van der Waals surface area contributed by atoms with Gasteiger partial charge in [-0.2, -0.15) is 0 Å². The molecule has 0 aliphatic heterocycles. The normalized spacial score (nSPS) is 14.2. The highest BCUT2D eigenvalue weighted by atomic mass is 35.5. The van der Waals surface area contributed by atoms with Gasteiger partial charge in [-0.1, -0.05) is 35.9 Å². The molecule has 0 aromatic heterocycles. The van der Waals surface area contributed by atoms with Crippen molar-refractivity contribution in [2.24, 2.45) is 5.73 Å². The topological polar surface area (TPSA) is 26.0 Å². The van der Waals surface area contributed by atoms with Gasteiger partial charge >= 0.3 is 0 Å². The van der Waals surface area contributed by atoms with E-state index in [1.54, 1.807) is 31.2 Å². The van der Waals surface area contributed by atoms with E-state index in [1.165, 1.54) is 18.2 Å². The summed E-state index contributed by atoms with van der Waals surface area (Å²) in [6.45, 7) is 1.73. The van der Waals surface area contributed by atoms with Crippen LogP contribution in [0.2, 0.25) is 5.02 Å². The van der Waals surface area contributed by atoms with Crippen molar-refractivity contribution in [2.75, 3.05) is 0 Å². The van der Waals surface area contributed by atoms with Gasteiger partial charge in [0.25, 0.3) is 0 Å². The second-order valence-electron chi connectivity index (χ2n) is 4.81. The van der Waals surface area contributed by atoms with Crippen molar-refractivity contribution in [1.82, 2.24) is 0 Å². The second-order valence-corrected chi connectivity index (χ2v) is 5.22. The Morgan fingerprint density at radius 3 is 2.47 bits per heavy atom. The lowest BCUT2D eigenvalue weighted by Gasteiger charge is -2.26. The molecule has 0 spiro atoms. The Kier molecular flexibility index (Phi) is 3.88. The minimum absolute atomic E-state index is 0.299. The van der Waals surface area contributed by atoms with Gasteiger partial charge in [-0.25, -0.2) is 8.78 Å². The molecule has 1 nitrogen and oxygen atoms in total. The molecule has 2 aromatic carbocycles.